The zero-order valence-electron chi connectivity index (χ0n) is 43.7. The number of aliphatic hydroxyl groups is 1. The van der Waals surface area contributed by atoms with E-state index in [9.17, 15) is 5.11 Å². The third kappa shape index (κ3) is 45.7. The maximum Gasteiger partial charge on any atom is 0.175 e. The summed E-state index contributed by atoms with van der Waals surface area (Å²) in [6.45, 7) is 19.5. The molecule has 0 saturated carbocycles. The van der Waals surface area contributed by atoms with Gasteiger partial charge in [0, 0.05) is 18.4 Å². The zero-order chi connectivity index (χ0) is 50.3. The zero-order valence-corrected chi connectivity index (χ0v) is 44.5. The Balaban J connectivity index is 1.11. The molecule has 0 radical (unpaired) electrons. The lowest BCUT2D eigenvalue weighted by Crippen LogP contribution is -2.21. The summed E-state index contributed by atoms with van der Waals surface area (Å²) >= 11 is 1.53. The minimum Gasteiger partial charge on any atom is -0.485 e. The fourth-order valence-electron chi connectivity index (χ4n) is 6.54. The summed E-state index contributed by atoms with van der Waals surface area (Å²) < 4.78 is 99.8. The summed E-state index contributed by atoms with van der Waals surface area (Å²) in [6.07, 6.45) is 13.2. The van der Waals surface area contributed by atoms with Crippen LogP contribution in [0.25, 0.3) is 0 Å². The van der Waals surface area contributed by atoms with Crippen molar-refractivity contribution in [3.05, 3.63) is 10.3 Å². The fourth-order valence-corrected chi connectivity index (χ4v) is 7.52. The van der Waals surface area contributed by atoms with Gasteiger partial charge in [-0.3, -0.25) is 0 Å². The van der Waals surface area contributed by atoms with E-state index in [1.54, 1.807) is 0 Å². The third-order valence-electron chi connectivity index (χ3n) is 10.3. The first-order chi connectivity index (χ1) is 35.3. The Morgan fingerprint density at radius 2 is 0.634 bits per heavy atom. The molecule has 0 saturated heterocycles. The van der Waals surface area contributed by atoms with Crippen molar-refractivity contribution in [1.82, 2.24) is 0 Å². The van der Waals surface area contributed by atoms with Gasteiger partial charge in [0.2, 0.25) is 0 Å². The second-order valence-electron chi connectivity index (χ2n) is 16.3. The summed E-state index contributed by atoms with van der Waals surface area (Å²) in [6, 6.07) is 0. The number of aliphatic hydroxyl groups excluding tert-OH is 1. The summed E-state index contributed by atoms with van der Waals surface area (Å²) in [5, 5.41) is 12.2. The molecule has 1 aromatic rings. The van der Waals surface area contributed by atoms with Crippen molar-refractivity contribution >= 4 is 11.3 Å². The van der Waals surface area contributed by atoms with Crippen molar-refractivity contribution in [2.75, 3.05) is 225 Å². The monoisotopic (exact) mass is 1040 g/mol. The molecule has 0 bridgehead atoms. The van der Waals surface area contributed by atoms with Gasteiger partial charge >= 0.3 is 0 Å². The van der Waals surface area contributed by atoms with Gasteiger partial charge in [0.15, 0.2) is 11.5 Å². The van der Waals surface area contributed by atoms with E-state index in [4.69, 9.17) is 85.3 Å². The average molecular weight is 1050 g/mol. The molecule has 71 heavy (non-hydrogen) atoms. The highest BCUT2D eigenvalue weighted by Crippen LogP contribution is 2.39. The highest BCUT2D eigenvalue weighted by atomic mass is 32.1. The maximum absolute atomic E-state index is 10.3. The van der Waals surface area contributed by atoms with Gasteiger partial charge in [-0.05, 0) is 6.42 Å². The van der Waals surface area contributed by atoms with E-state index in [-0.39, 0.29) is 6.61 Å². The lowest BCUT2D eigenvalue weighted by atomic mass is 10.1. The van der Waals surface area contributed by atoms with Crippen LogP contribution in [0.5, 0.6) is 11.5 Å². The van der Waals surface area contributed by atoms with Crippen LogP contribution in [0.4, 0.5) is 0 Å². The van der Waals surface area contributed by atoms with Gasteiger partial charge in [-0.1, -0.05) is 64.7 Å². The lowest BCUT2D eigenvalue weighted by Gasteiger charge is -2.17. The van der Waals surface area contributed by atoms with Crippen molar-refractivity contribution in [1.29, 1.82) is 0 Å². The molecule has 1 N–H and O–H groups in total. The summed E-state index contributed by atoms with van der Waals surface area (Å²) in [4.78, 5) is 0.971. The van der Waals surface area contributed by atoms with Gasteiger partial charge in [0.05, 0.1) is 216 Å². The van der Waals surface area contributed by atoms with E-state index in [1.165, 1.54) is 69.1 Å². The summed E-state index contributed by atoms with van der Waals surface area (Å²) in [5.74, 6) is 1.50. The molecule has 0 fully saturated rings. The Labute approximate surface area is 430 Å². The molecule has 20 heteroatoms. The van der Waals surface area contributed by atoms with E-state index in [2.05, 4.69) is 6.92 Å². The first-order valence-corrected chi connectivity index (χ1v) is 27.5. The third-order valence-corrected chi connectivity index (χ3v) is 11.3. The molecule has 0 aliphatic carbocycles. The molecule has 0 spiro atoms. The smallest absolute Gasteiger partial charge is 0.175 e. The predicted molar refractivity (Wildman–Crippen MR) is 270 cm³/mol. The molecule has 420 valence electrons. The quantitative estimate of drug-likeness (QED) is 0.0793. The van der Waals surface area contributed by atoms with Crippen LogP contribution in [0.1, 0.15) is 76.0 Å². The molecular formula is C51H96O19S. The SMILES string of the molecule is CCCCCCCCCCCCOCCOCCOCCOCCOCCOCCOCCOCCOCCOCCOCCOCCOCCOCCOCCOCC(O)Cc1scc2c1OCCO2. The highest BCUT2D eigenvalue weighted by molar-refractivity contribution is 7.10. The molecule has 2 rings (SSSR count). The average Bonchev–Trinajstić information content (AvgIpc) is 3.79. The van der Waals surface area contributed by atoms with Crippen molar-refractivity contribution in [2.45, 2.75) is 83.7 Å². The highest BCUT2D eigenvalue weighted by Gasteiger charge is 2.20. The van der Waals surface area contributed by atoms with Crippen LogP contribution in [0, 0.1) is 0 Å². The molecule has 2 heterocycles. The number of hydrogen-bond donors (Lipinski definition) is 1. The standard InChI is InChI=1S/C51H96O19S/c1-2-3-4-5-6-7-8-9-10-11-12-53-13-14-54-15-16-55-17-18-56-19-20-57-21-22-58-23-24-59-25-26-60-27-28-61-29-30-62-31-32-63-33-34-64-35-36-65-37-38-66-39-40-67-41-42-68-46-48(52)45-50-51-49(47-71-50)69-43-44-70-51/h47-48,52H,2-46H2,1H3. The fraction of sp³-hybridized carbons (Fsp3) is 0.922. The van der Waals surface area contributed by atoms with E-state index in [1.807, 2.05) is 5.38 Å². The largest absolute Gasteiger partial charge is 0.485 e. The van der Waals surface area contributed by atoms with Crippen LogP contribution < -0.4 is 9.47 Å². The van der Waals surface area contributed by atoms with Crippen molar-refractivity contribution in [3.8, 4) is 11.5 Å². The Morgan fingerprint density at radius 3 is 0.958 bits per heavy atom. The number of hydrogen-bond acceptors (Lipinski definition) is 20. The number of rotatable bonds is 60. The number of fused-ring (bicyclic) bond motifs is 1. The molecule has 1 aromatic heterocycles. The number of unbranched alkanes of at least 4 members (excludes halogenated alkanes) is 9. The van der Waals surface area contributed by atoms with Gasteiger partial charge < -0.3 is 90.4 Å². The van der Waals surface area contributed by atoms with Crippen LogP contribution in [0.2, 0.25) is 0 Å². The second-order valence-corrected chi connectivity index (χ2v) is 17.3. The van der Waals surface area contributed by atoms with Crippen LogP contribution in [0.3, 0.4) is 0 Å². The van der Waals surface area contributed by atoms with Crippen molar-refractivity contribution in [2.24, 2.45) is 0 Å². The maximum atomic E-state index is 10.3. The topological polar surface area (TPSA) is 186 Å². The summed E-state index contributed by atoms with van der Waals surface area (Å²) in [5.41, 5.74) is 0. The van der Waals surface area contributed by atoms with Crippen LogP contribution >= 0.6 is 11.3 Å². The van der Waals surface area contributed by atoms with E-state index >= 15 is 0 Å². The van der Waals surface area contributed by atoms with Gasteiger partial charge in [0.1, 0.15) is 13.2 Å². The molecule has 1 atom stereocenters. The van der Waals surface area contributed by atoms with Gasteiger partial charge in [-0.25, -0.2) is 0 Å². The van der Waals surface area contributed by atoms with Gasteiger partial charge in [-0.15, -0.1) is 11.3 Å². The second kappa shape index (κ2) is 54.9. The van der Waals surface area contributed by atoms with Crippen molar-refractivity contribution in [3.63, 3.8) is 0 Å². The van der Waals surface area contributed by atoms with Gasteiger partial charge in [-0.2, -0.15) is 0 Å². The number of thiophene rings is 1. The van der Waals surface area contributed by atoms with E-state index in [0.717, 1.165) is 29.4 Å². The predicted octanol–water partition coefficient (Wildman–Crippen LogP) is 5.61. The van der Waals surface area contributed by atoms with E-state index < -0.39 is 6.10 Å². The molecule has 1 unspecified atom stereocenters. The van der Waals surface area contributed by atoms with Crippen LogP contribution in [0.15, 0.2) is 5.38 Å². The molecule has 1 aliphatic rings. The minimum absolute atomic E-state index is 0.229. The Hall–Kier alpha value is -1.38. The first kappa shape index (κ1) is 65.7. The van der Waals surface area contributed by atoms with Crippen LogP contribution in [-0.2, 0) is 82.2 Å². The lowest BCUT2D eigenvalue weighted by molar-refractivity contribution is -0.0311. The van der Waals surface area contributed by atoms with Gasteiger partial charge in [0.25, 0.3) is 0 Å². The van der Waals surface area contributed by atoms with Crippen molar-refractivity contribution < 1.29 is 90.4 Å². The number of ether oxygens (including phenoxy) is 18. The first-order valence-electron chi connectivity index (χ1n) is 26.6. The van der Waals surface area contributed by atoms with Crippen LogP contribution in [-0.4, -0.2) is 236 Å². The molecule has 19 nitrogen and oxygen atoms in total. The normalized spacial score (nSPS) is 12.9. The Bertz CT molecular complexity index is 1190. The molecule has 1 aliphatic heterocycles. The molecule has 0 amide bonds. The van der Waals surface area contributed by atoms with E-state index in [0.29, 0.717) is 218 Å². The molecular weight excluding hydrogens is 949 g/mol. The molecule has 0 aromatic carbocycles. The Kier molecular flexibility index (Phi) is 50.8. The minimum atomic E-state index is -0.616. The Morgan fingerprint density at radius 1 is 0.366 bits per heavy atom. The summed E-state index contributed by atoms with van der Waals surface area (Å²) in [7, 11) is 0.